The lowest BCUT2D eigenvalue weighted by Crippen LogP contribution is -2.09. The van der Waals surface area contributed by atoms with Gasteiger partial charge in [-0.2, -0.15) is 0 Å². The highest BCUT2D eigenvalue weighted by atomic mass is 16.4. The SMILES string of the molecule is NCCCc1cccnc1.O=C(O)C(=O)O. The summed E-state index contributed by atoms with van der Waals surface area (Å²) >= 11 is 0. The molecule has 88 valence electrons. The maximum Gasteiger partial charge on any atom is 0.414 e. The monoisotopic (exact) mass is 226 g/mol. The Morgan fingerprint density at radius 2 is 1.94 bits per heavy atom. The van der Waals surface area contributed by atoms with Crippen LogP contribution in [0, 0.1) is 0 Å². The molecule has 1 heterocycles. The summed E-state index contributed by atoms with van der Waals surface area (Å²) in [6, 6.07) is 4.02. The van der Waals surface area contributed by atoms with E-state index < -0.39 is 11.9 Å². The molecular weight excluding hydrogens is 212 g/mol. The summed E-state index contributed by atoms with van der Waals surface area (Å²) in [6.45, 7) is 0.759. The highest BCUT2D eigenvalue weighted by Gasteiger charge is 2.04. The van der Waals surface area contributed by atoms with Gasteiger partial charge < -0.3 is 15.9 Å². The third kappa shape index (κ3) is 7.45. The first kappa shape index (κ1) is 14.1. The van der Waals surface area contributed by atoms with Crippen LogP contribution in [0.3, 0.4) is 0 Å². The van der Waals surface area contributed by atoms with Crippen molar-refractivity contribution in [2.45, 2.75) is 12.8 Å². The van der Waals surface area contributed by atoms with Crippen molar-refractivity contribution in [2.24, 2.45) is 5.73 Å². The van der Waals surface area contributed by atoms with Crippen LogP contribution in [0.25, 0.3) is 0 Å². The van der Waals surface area contributed by atoms with E-state index in [4.69, 9.17) is 25.5 Å². The summed E-state index contributed by atoms with van der Waals surface area (Å²) in [5.74, 6) is -3.65. The van der Waals surface area contributed by atoms with E-state index >= 15 is 0 Å². The molecule has 0 bridgehead atoms. The standard InChI is InChI=1S/C8H12N2.C2H2O4/c9-5-1-3-8-4-2-6-10-7-8;3-1(4)2(5)6/h2,4,6-7H,1,3,5,9H2;(H,3,4)(H,5,6). The number of aryl methyl sites for hydroxylation is 1. The molecule has 0 saturated heterocycles. The van der Waals surface area contributed by atoms with Crippen LogP contribution >= 0.6 is 0 Å². The fourth-order valence-corrected chi connectivity index (χ4v) is 0.852. The van der Waals surface area contributed by atoms with Gasteiger partial charge in [-0.25, -0.2) is 9.59 Å². The lowest BCUT2D eigenvalue weighted by molar-refractivity contribution is -0.159. The molecule has 0 radical (unpaired) electrons. The summed E-state index contributed by atoms with van der Waals surface area (Å²) in [4.78, 5) is 22.2. The average Bonchev–Trinajstić information content (AvgIpc) is 2.28. The molecule has 16 heavy (non-hydrogen) atoms. The minimum atomic E-state index is -1.82. The number of pyridine rings is 1. The summed E-state index contributed by atoms with van der Waals surface area (Å²) in [6.07, 6.45) is 5.76. The second kappa shape index (κ2) is 8.37. The van der Waals surface area contributed by atoms with Crippen molar-refractivity contribution in [2.75, 3.05) is 6.54 Å². The van der Waals surface area contributed by atoms with Crippen molar-refractivity contribution >= 4 is 11.9 Å². The van der Waals surface area contributed by atoms with Gasteiger partial charge in [-0.15, -0.1) is 0 Å². The Balaban J connectivity index is 0.000000325. The molecule has 0 amide bonds. The minimum Gasteiger partial charge on any atom is -0.473 e. The molecule has 0 spiro atoms. The smallest absolute Gasteiger partial charge is 0.414 e. The maximum absolute atomic E-state index is 9.10. The van der Waals surface area contributed by atoms with Gasteiger partial charge in [0.25, 0.3) is 0 Å². The third-order valence-corrected chi connectivity index (χ3v) is 1.58. The van der Waals surface area contributed by atoms with Crippen LogP contribution in [0.4, 0.5) is 0 Å². The van der Waals surface area contributed by atoms with Crippen molar-refractivity contribution in [1.82, 2.24) is 4.98 Å². The first-order valence-corrected chi connectivity index (χ1v) is 4.63. The second-order valence-electron chi connectivity index (χ2n) is 2.86. The van der Waals surface area contributed by atoms with Crippen molar-refractivity contribution < 1.29 is 19.8 Å². The van der Waals surface area contributed by atoms with Gasteiger partial charge in [-0.3, -0.25) is 4.98 Å². The molecule has 0 aliphatic rings. The Kier molecular flexibility index (Phi) is 7.35. The van der Waals surface area contributed by atoms with E-state index in [0.717, 1.165) is 19.4 Å². The van der Waals surface area contributed by atoms with Crippen LogP contribution in [0.15, 0.2) is 24.5 Å². The number of hydrogen-bond donors (Lipinski definition) is 3. The zero-order valence-electron chi connectivity index (χ0n) is 8.67. The van der Waals surface area contributed by atoms with Crippen molar-refractivity contribution in [1.29, 1.82) is 0 Å². The average molecular weight is 226 g/mol. The topological polar surface area (TPSA) is 114 Å². The number of rotatable bonds is 3. The van der Waals surface area contributed by atoms with E-state index in [2.05, 4.69) is 11.1 Å². The van der Waals surface area contributed by atoms with Gasteiger partial charge >= 0.3 is 11.9 Å². The quantitative estimate of drug-likeness (QED) is 0.631. The fraction of sp³-hybridized carbons (Fsp3) is 0.300. The van der Waals surface area contributed by atoms with Crippen LogP contribution < -0.4 is 5.73 Å². The number of aliphatic carboxylic acids is 2. The first-order chi connectivity index (χ1) is 7.57. The Bertz CT molecular complexity index is 315. The molecule has 0 saturated carbocycles. The van der Waals surface area contributed by atoms with Gasteiger partial charge in [-0.1, -0.05) is 6.07 Å². The number of aromatic nitrogens is 1. The number of carboxylic acids is 2. The molecule has 0 aliphatic heterocycles. The summed E-state index contributed by atoms with van der Waals surface area (Å²) < 4.78 is 0. The normalized spacial score (nSPS) is 8.81. The van der Waals surface area contributed by atoms with E-state index in [1.54, 1.807) is 6.20 Å². The maximum atomic E-state index is 9.10. The lowest BCUT2D eigenvalue weighted by Gasteiger charge is -1.95. The highest BCUT2D eigenvalue weighted by Crippen LogP contribution is 1.98. The minimum absolute atomic E-state index is 0.759. The Morgan fingerprint density at radius 3 is 2.31 bits per heavy atom. The largest absolute Gasteiger partial charge is 0.473 e. The molecule has 1 aromatic heterocycles. The second-order valence-corrected chi connectivity index (χ2v) is 2.86. The van der Waals surface area contributed by atoms with Crippen LogP contribution in [0.5, 0.6) is 0 Å². The van der Waals surface area contributed by atoms with Gasteiger partial charge in [0.15, 0.2) is 0 Å². The molecule has 1 aromatic rings. The molecular formula is C10H14N2O4. The summed E-state index contributed by atoms with van der Waals surface area (Å²) in [5.41, 5.74) is 6.63. The molecule has 0 aromatic carbocycles. The zero-order chi connectivity index (χ0) is 12.4. The van der Waals surface area contributed by atoms with Crippen molar-refractivity contribution in [3.63, 3.8) is 0 Å². The molecule has 0 unspecified atom stereocenters. The molecule has 4 N–H and O–H groups in total. The molecule has 0 fully saturated rings. The Morgan fingerprint density at radius 1 is 1.31 bits per heavy atom. The highest BCUT2D eigenvalue weighted by molar-refractivity contribution is 6.27. The van der Waals surface area contributed by atoms with Gasteiger partial charge in [0.1, 0.15) is 0 Å². The molecule has 6 heteroatoms. The van der Waals surface area contributed by atoms with Gasteiger partial charge in [0, 0.05) is 12.4 Å². The van der Waals surface area contributed by atoms with E-state index in [1.165, 1.54) is 5.56 Å². The van der Waals surface area contributed by atoms with E-state index in [9.17, 15) is 0 Å². The van der Waals surface area contributed by atoms with Crippen LogP contribution in [-0.2, 0) is 16.0 Å². The van der Waals surface area contributed by atoms with Crippen LogP contribution in [0.1, 0.15) is 12.0 Å². The predicted molar refractivity (Wildman–Crippen MR) is 56.9 cm³/mol. The van der Waals surface area contributed by atoms with Gasteiger partial charge in [-0.05, 0) is 31.0 Å². The molecule has 1 rings (SSSR count). The van der Waals surface area contributed by atoms with Gasteiger partial charge in [0.05, 0.1) is 0 Å². The van der Waals surface area contributed by atoms with Crippen LogP contribution in [-0.4, -0.2) is 33.7 Å². The molecule has 0 atom stereocenters. The first-order valence-electron chi connectivity index (χ1n) is 4.63. The van der Waals surface area contributed by atoms with Crippen LogP contribution in [0.2, 0.25) is 0 Å². The number of nitrogens with zero attached hydrogens (tertiary/aromatic N) is 1. The van der Waals surface area contributed by atoms with E-state index in [0.29, 0.717) is 0 Å². The Labute approximate surface area is 92.7 Å². The molecule has 0 aliphatic carbocycles. The fourth-order valence-electron chi connectivity index (χ4n) is 0.852. The summed E-state index contributed by atoms with van der Waals surface area (Å²) in [5, 5.41) is 14.8. The molecule has 6 nitrogen and oxygen atoms in total. The van der Waals surface area contributed by atoms with Crippen molar-refractivity contribution in [3.05, 3.63) is 30.1 Å². The number of hydrogen-bond acceptors (Lipinski definition) is 4. The van der Waals surface area contributed by atoms with E-state index in [-0.39, 0.29) is 0 Å². The number of carbonyl (C=O) groups is 2. The zero-order valence-corrected chi connectivity index (χ0v) is 8.67. The summed E-state index contributed by atoms with van der Waals surface area (Å²) in [7, 11) is 0. The number of nitrogens with two attached hydrogens (primary N) is 1. The Hall–Kier alpha value is -1.95. The lowest BCUT2D eigenvalue weighted by atomic mass is 10.2. The third-order valence-electron chi connectivity index (χ3n) is 1.58. The number of carboxylic acid groups (broad SMARTS) is 2. The van der Waals surface area contributed by atoms with E-state index in [1.807, 2.05) is 12.3 Å². The van der Waals surface area contributed by atoms with Crippen molar-refractivity contribution in [3.8, 4) is 0 Å². The predicted octanol–water partition coefficient (Wildman–Crippen LogP) is 0.128. The van der Waals surface area contributed by atoms with Gasteiger partial charge in [0.2, 0.25) is 0 Å².